The highest BCUT2D eigenvalue weighted by molar-refractivity contribution is 5.87. The number of carbonyl (C=O) groups is 1. The molecule has 0 amide bonds. The molecule has 3 N–H and O–H groups in total. The van der Waals surface area contributed by atoms with E-state index in [2.05, 4.69) is 20.0 Å². The highest BCUT2D eigenvalue weighted by Crippen LogP contribution is 2.10. The van der Waals surface area contributed by atoms with Crippen LogP contribution in [-0.4, -0.2) is 30.1 Å². The summed E-state index contributed by atoms with van der Waals surface area (Å²) in [7, 11) is 2.93. The zero-order valence-corrected chi connectivity index (χ0v) is 7.37. The van der Waals surface area contributed by atoms with Gasteiger partial charge >= 0.3 is 5.97 Å². The monoisotopic (exact) mass is 182 g/mol. The quantitative estimate of drug-likeness (QED) is 0.620. The summed E-state index contributed by atoms with van der Waals surface area (Å²) in [4.78, 5) is 18.6. The van der Waals surface area contributed by atoms with Crippen LogP contribution in [0, 0.1) is 0 Å². The Morgan fingerprint density at radius 3 is 2.85 bits per heavy atom. The smallest absolute Gasteiger partial charge is 0.358 e. The first-order valence-electron chi connectivity index (χ1n) is 3.57. The number of nitrogen functional groups attached to an aromatic ring is 1. The van der Waals surface area contributed by atoms with Gasteiger partial charge in [0.1, 0.15) is 0 Å². The van der Waals surface area contributed by atoms with E-state index in [1.807, 2.05) is 0 Å². The third-order valence-electron chi connectivity index (χ3n) is 1.43. The molecule has 0 atom stereocenters. The maximum Gasteiger partial charge on any atom is 0.358 e. The van der Waals surface area contributed by atoms with E-state index in [9.17, 15) is 4.79 Å². The molecule has 0 aliphatic heterocycles. The molecule has 0 fully saturated rings. The largest absolute Gasteiger partial charge is 0.464 e. The molecule has 1 aromatic rings. The second kappa shape index (κ2) is 3.70. The molecule has 0 aliphatic rings. The van der Waals surface area contributed by atoms with E-state index in [1.54, 1.807) is 7.05 Å². The van der Waals surface area contributed by atoms with Gasteiger partial charge in [-0.15, -0.1) is 0 Å². The SMILES string of the molecule is CNc1ncc(C(=O)OC)nc1N. The number of nitrogens with two attached hydrogens (primary N) is 1. The molecule has 6 nitrogen and oxygen atoms in total. The van der Waals surface area contributed by atoms with Crippen molar-refractivity contribution >= 4 is 17.6 Å². The lowest BCUT2D eigenvalue weighted by atomic mass is 10.4. The normalized spacial score (nSPS) is 9.38. The fourth-order valence-electron chi connectivity index (χ4n) is 0.799. The zero-order chi connectivity index (χ0) is 9.84. The van der Waals surface area contributed by atoms with Gasteiger partial charge in [-0.25, -0.2) is 14.8 Å². The fourth-order valence-corrected chi connectivity index (χ4v) is 0.799. The van der Waals surface area contributed by atoms with Crippen molar-refractivity contribution in [1.29, 1.82) is 0 Å². The van der Waals surface area contributed by atoms with Crippen molar-refractivity contribution in [3.05, 3.63) is 11.9 Å². The minimum Gasteiger partial charge on any atom is -0.464 e. The molecule has 0 spiro atoms. The minimum atomic E-state index is -0.554. The summed E-state index contributed by atoms with van der Waals surface area (Å²) in [5.74, 6) is 0.0555. The van der Waals surface area contributed by atoms with Crippen molar-refractivity contribution in [3.63, 3.8) is 0 Å². The number of anilines is 2. The van der Waals surface area contributed by atoms with Crippen molar-refractivity contribution in [2.24, 2.45) is 0 Å². The molecular formula is C7H10N4O2. The number of ether oxygens (including phenoxy) is 1. The van der Waals surface area contributed by atoms with Crippen LogP contribution in [-0.2, 0) is 4.74 Å². The molecule has 0 saturated carbocycles. The molecular weight excluding hydrogens is 172 g/mol. The van der Waals surface area contributed by atoms with E-state index in [0.29, 0.717) is 5.82 Å². The van der Waals surface area contributed by atoms with Gasteiger partial charge in [0.05, 0.1) is 13.3 Å². The van der Waals surface area contributed by atoms with Crippen LogP contribution in [0.3, 0.4) is 0 Å². The van der Waals surface area contributed by atoms with Crippen molar-refractivity contribution in [3.8, 4) is 0 Å². The van der Waals surface area contributed by atoms with Crippen LogP contribution in [0.15, 0.2) is 6.20 Å². The first kappa shape index (κ1) is 9.24. The van der Waals surface area contributed by atoms with Crippen molar-refractivity contribution < 1.29 is 9.53 Å². The van der Waals surface area contributed by atoms with E-state index in [-0.39, 0.29) is 11.5 Å². The summed E-state index contributed by atoms with van der Waals surface area (Å²) in [5, 5.41) is 2.73. The number of rotatable bonds is 2. The summed E-state index contributed by atoms with van der Waals surface area (Å²) in [6.07, 6.45) is 1.30. The molecule has 70 valence electrons. The summed E-state index contributed by atoms with van der Waals surface area (Å²) in [5.41, 5.74) is 5.58. The summed E-state index contributed by atoms with van der Waals surface area (Å²) < 4.78 is 4.45. The molecule has 0 aliphatic carbocycles. The highest BCUT2D eigenvalue weighted by Gasteiger charge is 2.09. The molecule has 0 unspecified atom stereocenters. The van der Waals surface area contributed by atoms with E-state index in [4.69, 9.17) is 5.73 Å². The molecule has 1 aromatic heterocycles. The van der Waals surface area contributed by atoms with Crippen molar-refractivity contribution in [2.45, 2.75) is 0 Å². The van der Waals surface area contributed by atoms with Gasteiger partial charge in [0.2, 0.25) is 0 Å². The molecule has 6 heteroatoms. The van der Waals surface area contributed by atoms with E-state index < -0.39 is 5.97 Å². The molecule has 0 aromatic carbocycles. The first-order valence-corrected chi connectivity index (χ1v) is 3.57. The lowest BCUT2D eigenvalue weighted by Crippen LogP contribution is -2.09. The molecule has 1 heterocycles. The van der Waals surface area contributed by atoms with Crippen LogP contribution in [0.25, 0.3) is 0 Å². The molecule has 0 bridgehead atoms. The van der Waals surface area contributed by atoms with Gasteiger partial charge in [-0.1, -0.05) is 0 Å². The van der Waals surface area contributed by atoms with Crippen LogP contribution < -0.4 is 11.1 Å². The standard InChI is InChI=1S/C7H10N4O2/c1-9-6-5(8)11-4(3-10-6)7(12)13-2/h3H,1-2H3,(H2,8,11)(H,9,10). The number of hydrogen-bond acceptors (Lipinski definition) is 6. The third-order valence-corrected chi connectivity index (χ3v) is 1.43. The van der Waals surface area contributed by atoms with Gasteiger partial charge in [-0.05, 0) is 0 Å². The Labute approximate surface area is 75.1 Å². The molecule has 0 saturated heterocycles. The second-order valence-corrected chi connectivity index (χ2v) is 2.23. The van der Waals surface area contributed by atoms with E-state index >= 15 is 0 Å². The first-order chi connectivity index (χ1) is 6.19. The van der Waals surface area contributed by atoms with Crippen molar-refractivity contribution in [2.75, 3.05) is 25.2 Å². The molecule has 0 radical (unpaired) electrons. The van der Waals surface area contributed by atoms with Crippen LogP contribution in [0.1, 0.15) is 10.5 Å². The Balaban J connectivity index is 3.02. The Morgan fingerprint density at radius 1 is 1.69 bits per heavy atom. The topological polar surface area (TPSA) is 90.1 Å². The Kier molecular flexibility index (Phi) is 2.63. The number of hydrogen-bond donors (Lipinski definition) is 2. The van der Waals surface area contributed by atoms with E-state index in [0.717, 1.165) is 0 Å². The van der Waals surface area contributed by atoms with Crippen LogP contribution in [0.5, 0.6) is 0 Å². The zero-order valence-electron chi connectivity index (χ0n) is 7.37. The molecule has 1 rings (SSSR count). The third kappa shape index (κ3) is 1.84. The Bertz CT molecular complexity index is 326. The van der Waals surface area contributed by atoms with Gasteiger partial charge in [-0.2, -0.15) is 0 Å². The summed E-state index contributed by atoms with van der Waals surface area (Å²) in [6, 6.07) is 0. The van der Waals surface area contributed by atoms with Crippen LogP contribution in [0.2, 0.25) is 0 Å². The fraction of sp³-hybridized carbons (Fsp3) is 0.286. The number of carbonyl (C=O) groups excluding carboxylic acids is 1. The minimum absolute atomic E-state index is 0.0963. The van der Waals surface area contributed by atoms with Gasteiger partial charge in [0, 0.05) is 7.05 Å². The maximum absolute atomic E-state index is 11.0. The highest BCUT2D eigenvalue weighted by atomic mass is 16.5. The summed E-state index contributed by atoms with van der Waals surface area (Å²) >= 11 is 0. The predicted octanol–water partition coefficient (Wildman–Crippen LogP) is -0.113. The van der Waals surface area contributed by atoms with Gasteiger partial charge in [-0.3, -0.25) is 0 Å². The number of aromatic nitrogens is 2. The predicted molar refractivity (Wildman–Crippen MR) is 47.3 cm³/mol. The lowest BCUT2D eigenvalue weighted by molar-refractivity contribution is 0.0593. The van der Waals surface area contributed by atoms with E-state index in [1.165, 1.54) is 13.3 Å². The number of methoxy groups -OCH3 is 1. The van der Waals surface area contributed by atoms with Crippen molar-refractivity contribution in [1.82, 2.24) is 9.97 Å². The van der Waals surface area contributed by atoms with Gasteiger partial charge < -0.3 is 15.8 Å². The maximum atomic E-state index is 11.0. The average Bonchev–Trinajstić information content (AvgIpc) is 2.16. The van der Waals surface area contributed by atoms with Gasteiger partial charge in [0.25, 0.3) is 0 Å². The second-order valence-electron chi connectivity index (χ2n) is 2.23. The lowest BCUT2D eigenvalue weighted by Gasteiger charge is -2.03. The number of nitrogens with zero attached hydrogens (tertiary/aromatic N) is 2. The molecule has 13 heavy (non-hydrogen) atoms. The van der Waals surface area contributed by atoms with Crippen LogP contribution >= 0.6 is 0 Å². The average molecular weight is 182 g/mol. The van der Waals surface area contributed by atoms with Gasteiger partial charge in [0.15, 0.2) is 17.3 Å². The number of esters is 1. The Hall–Kier alpha value is -1.85. The van der Waals surface area contributed by atoms with Crippen LogP contribution in [0.4, 0.5) is 11.6 Å². The number of nitrogens with one attached hydrogen (secondary N) is 1. The Morgan fingerprint density at radius 2 is 2.38 bits per heavy atom. The summed E-state index contributed by atoms with van der Waals surface area (Å²) in [6.45, 7) is 0.